The van der Waals surface area contributed by atoms with E-state index in [1.807, 2.05) is 37.2 Å². The Bertz CT molecular complexity index is 507. The number of nitrogens with one attached hydrogen (secondary N) is 1. The highest BCUT2D eigenvalue weighted by Gasteiger charge is 2.21. The number of nitrogens with zero attached hydrogens (tertiary/aromatic N) is 2. The monoisotopic (exact) mass is 319 g/mol. The van der Waals surface area contributed by atoms with Crippen LogP contribution >= 0.6 is 0 Å². The molecule has 0 bridgehead atoms. The fraction of sp³-hybridized carbons (Fsp3) is 0.556. The largest absolute Gasteiger partial charge is 0.378 e. The van der Waals surface area contributed by atoms with Crippen LogP contribution in [0.5, 0.6) is 0 Å². The molecule has 0 unspecified atom stereocenters. The highest BCUT2D eigenvalue weighted by molar-refractivity contribution is 6.39. The van der Waals surface area contributed by atoms with Gasteiger partial charge in [-0.2, -0.15) is 0 Å². The molecule has 0 spiro atoms. The van der Waals surface area contributed by atoms with Gasteiger partial charge in [-0.05, 0) is 31.0 Å². The van der Waals surface area contributed by atoms with Crippen molar-refractivity contribution < 1.29 is 9.59 Å². The molecule has 128 valence electrons. The van der Waals surface area contributed by atoms with Crippen LogP contribution in [0.4, 0.5) is 11.4 Å². The molecule has 0 atom stereocenters. The fourth-order valence-electron chi connectivity index (χ4n) is 2.20. The van der Waals surface area contributed by atoms with Crippen molar-refractivity contribution in [3.05, 3.63) is 24.3 Å². The van der Waals surface area contributed by atoms with Crippen LogP contribution < -0.4 is 10.2 Å². The van der Waals surface area contributed by atoms with Crippen LogP contribution in [0.2, 0.25) is 0 Å². The van der Waals surface area contributed by atoms with E-state index in [1.54, 1.807) is 11.0 Å². The van der Waals surface area contributed by atoms with Crippen molar-refractivity contribution in [1.29, 1.82) is 0 Å². The van der Waals surface area contributed by atoms with Crippen molar-refractivity contribution in [2.45, 2.75) is 39.5 Å². The molecule has 0 aliphatic heterocycles. The van der Waals surface area contributed by atoms with Crippen molar-refractivity contribution >= 4 is 23.2 Å². The zero-order valence-electron chi connectivity index (χ0n) is 14.8. The predicted octanol–water partition coefficient (Wildman–Crippen LogP) is 3.12. The van der Waals surface area contributed by atoms with Gasteiger partial charge in [-0.15, -0.1) is 0 Å². The molecule has 2 amide bonds. The second-order valence-electron chi connectivity index (χ2n) is 5.90. The minimum Gasteiger partial charge on any atom is -0.378 e. The van der Waals surface area contributed by atoms with Crippen molar-refractivity contribution in [3.63, 3.8) is 0 Å². The molecule has 1 aromatic carbocycles. The molecule has 1 rings (SSSR count). The molecule has 0 heterocycles. The summed E-state index contributed by atoms with van der Waals surface area (Å²) in [6, 6.07) is 7.46. The quantitative estimate of drug-likeness (QED) is 0.749. The topological polar surface area (TPSA) is 52.7 Å². The molecule has 1 N–H and O–H groups in total. The van der Waals surface area contributed by atoms with E-state index in [1.165, 1.54) is 0 Å². The highest BCUT2D eigenvalue weighted by Crippen LogP contribution is 2.17. The lowest BCUT2D eigenvalue weighted by Gasteiger charge is -2.22. The molecule has 0 saturated carbocycles. The first-order valence-electron chi connectivity index (χ1n) is 8.37. The van der Waals surface area contributed by atoms with Gasteiger partial charge in [-0.1, -0.05) is 32.8 Å². The van der Waals surface area contributed by atoms with Crippen molar-refractivity contribution in [1.82, 2.24) is 4.90 Å². The number of amides is 2. The van der Waals surface area contributed by atoms with Crippen LogP contribution in [0, 0.1) is 0 Å². The number of carbonyl (C=O) groups is 2. The van der Waals surface area contributed by atoms with Gasteiger partial charge in [0.15, 0.2) is 0 Å². The molecule has 0 aliphatic rings. The van der Waals surface area contributed by atoms with E-state index < -0.39 is 11.8 Å². The van der Waals surface area contributed by atoms with E-state index in [9.17, 15) is 9.59 Å². The summed E-state index contributed by atoms with van der Waals surface area (Å²) in [4.78, 5) is 28.2. The number of carbonyl (C=O) groups excluding carboxylic acids is 2. The minimum atomic E-state index is -0.562. The summed E-state index contributed by atoms with van der Waals surface area (Å²) in [7, 11) is 3.87. The Kier molecular flexibility index (Phi) is 8.16. The summed E-state index contributed by atoms with van der Waals surface area (Å²) in [5.74, 6) is -1.00. The maximum absolute atomic E-state index is 12.4. The molecule has 0 saturated heterocycles. The van der Waals surface area contributed by atoms with E-state index >= 15 is 0 Å². The first-order valence-corrected chi connectivity index (χ1v) is 8.37. The van der Waals surface area contributed by atoms with Crippen LogP contribution in [0.25, 0.3) is 0 Å². The van der Waals surface area contributed by atoms with Crippen LogP contribution in [0.15, 0.2) is 24.3 Å². The zero-order valence-corrected chi connectivity index (χ0v) is 14.8. The van der Waals surface area contributed by atoms with E-state index in [0.29, 0.717) is 18.8 Å². The van der Waals surface area contributed by atoms with Gasteiger partial charge in [0.2, 0.25) is 0 Å². The van der Waals surface area contributed by atoms with Gasteiger partial charge in [-0.3, -0.25) is 9.59 Å². The van der Waals surface area contributed by atoms with E-state index in [4.69, 9.17) is 0 Å². The summed E-state index contributed by atoms with van der Waals surface area (Å²) in [5.41, 5.74) is 1.62. The average Bonchev–Trinajstić information content (AvgIpc) is 2.54. The number of benzene rings is 1. The summed E-state index contributed by atoms with van der Waals surface area (Å²) in [5, 5.41) is 2.71. The molecule has 5 heteroatoms. The second kappa shape index (κ2) is 9.87. The number of anilines is 2. The Morgan fingerprint density at radius 2 is 1.65 bits per heavy atom. The summed E-state index contributed by atoms with van der Waals surface area (Å²) < 4.78 is 0. The third-order valence-corrected chi connectivity index (χ3v) is 3.67. The Labute approximate surface area is 139 Å². The standard InChI is InChI=1S/C18H29N3O2/c1-5-7-12-21(13-8-6-2)18(23)17(22)19-15-10-9-11-16(14-15)20(3)4/h9-11,14H,5-8,12-13H2,1-4H3,(H,19,22). The molecule has 23 heavy (non-hydrogen) atoms. The molecule has 1 aromatic rings. The van der Waals surface area contributed by atoms with Gasteiger partial charge < -0.3 is 15.1 Å². The lowest BCUT2D eigenvalue weighted by molar-refractivity contribution is -0.143. The fourth-order valence-corrected chi connectivity index (χ4v) is 2.20. The highest BCUT2D eigenvalue weighted by atomic mass is 16.2. The number of hydrogen-bond acceptors (Lipinski definition) is 3. The lowest BCUT2D eigenvalue weighted by Crippen LogP contribution is -2.40. The maximum atomic E-state index is 12.4. The molecular weight excluding hydrogens is 290 g/mol. The normalized spacial score (nSPS) is 10.3. The zero-order chi connectivity index (χ0) is 17.2. The van der Waals surface area contributed by atoms with Crippen molar-refractivity contribution in [3.8, 4) is 0 Å². The molecule has 0 radical (unpaired) electrons. The smallest absolute Gasteiger partial charge is 0.313 e. The molecule has 0 fully saturated rings. The van der Waals surface area contributed by atoms with Crippen LogP contribution in [0.3, 0.4) is 0 Å². The molecule has 0 aliphatic carbocycles. The first-order chi connectivity index (χ1) is 11.0. The van der Waals surface area contributed by atoms with Crippen molar-refractivity contribution in [2.75, 3.05) is 37.4 Å². The Morgan fingerprint density at radius 3 is 2.17 bits per heavy atom. The van der Waals surface area contributed by atoms with Gasteiger partial charge >= 0.3 is 11.8 Å². The van der Waals surface area contributed by atoms with Crippen molar-refractivity contribution in [2.24, 2.45) is 0 Å². The number of unbranched alkanes of at least 4 members (excludes halogenated alkanes) is 2. The van der Waals surface area contributed by atoms with Gasteiger partial charge in [-0.25, -0.2) is 0 Å². The Balaban J connectivity index is 2.73. The van der Waals surface area contributed by atoms with E-state index in [-0.39, 0.29) is 0 Å². The average molecular weight is 319 g/mol. The minimum absolute atomic E-state index is 0.442. The molecular formula is C18H29N3O2. The van der Waals surface area contributed by atoms with E-state index in [0.717, 1.165) is 31.4 Å². The third kappa shape index (κ3) is 6.30. The Hall–Kier alpha value is -2.04. The van der Waals surface area contributed by atoms with Gasteiger partial charge in [0.25, 0.3) is 0 Å². The number of hydrogen-bond donors (Lipinski definition) is 1. The maximum Gasteiger partial charge on any atom is 0.313 e. The first kappa shape index (κ1) is 19.0. The lowest BCUT2D eigenvalue weighted by atomic mass is 10.2. The van der Waals surface area contributed by atoms with Gasteiger partial charge in [0, 0.05) is 38.6 Å². The second-order valence-corrected chi connectivity index (χ2v) is 5.90. The van der Waals surface area contributed by atoms with Crippen LogP contribution in [-0.4, -0.2) is 43.9 Å². The van der Waals surface area contributed by atoms with Crippen LogP contribution in [0.1, 0.15) is 39.5 Å². The molecule has 0 aromatic heterocycles. The number of rotatable bonds is 8. The summed E-state index contributed by atoms with van der Waals surface area (Å²) in [6.07, 6.45) is 3.84. The summed E-state index contributed by atoms with van der Waals surface area (Å²) >= 11 is 0. The Morgan fingerprint density at radius 1 is 1.04 bits per heavy atom. The van der Waals surface area contributed by atoms with E-state index in [2.05, 4.69) is 19.2 Å². The third-order valence-electron chi connectivity index (χ3n) is 3.67. The van der Waals surface area contributed by atoms with Crippen LogP contribution in [-0.2, 0) is 9.59 Å². The summed E-state index contributed by atoms with van der Waals surface area (Å²) in [6.45, 7) is 5.44. The van der Waals surface area contributed by atoms with Gasteiger partial charge in [0.05, 0.1) is 0 Å². The molecule has 5 nitrogen and oxygen atoms in total. The SMILES string of the molecule is CCCCN(CCCC)C(=O)C(=O)Nc1cccc(N(C)C)c1. The van der Waals surface area contributed by atoms with Gasteiger partial charge in [0.1, 0.15) is 0 Å². The predicted molar refractivity (Wildman–Crippen MR) is 95.8 cm³/mol.